The first-order valence-electron chi connectivity index (χ1n) is 8.19. The second-order valence-corrected chi connectivity index (χ2v) is 8.62. The molecule has 0 aromatic carbocycles. The molecule has 0 N–H and O–H groups in total. The highest BCUT2D eigenvalue weighted by Crippen LogP contribution is 2.39. The number of sulfonamides is 1. The molecule has 128 valence electrons. The standard InChI is InChI=1S/C16H24N2O4S/c1-2-23(19,20)18-12-16(13-18)11-14(7-10-22-16)6-9-21-15-5-3-4-8-17-15/h3-5,8,14H,2,6-7,9-13H2,1H3. The largest absolute Gasteiger partial charge is 0.478 e. The third kappa shape index (κ3) is 3.84. The van der Waals surface area contributed by atoms with Crippen molar-refractivity contribution in [3.8, 4) is 5.88 Å². The van der Waals surface area contributed by atoms with Gasteiger partial charge in [0.1, 0.15) is 0 Å². The van der Waals surface area contributed by atoms with Crippen molar-refractivity contribution in [1.82, 2.24) is 9.29 Å². The minimum Gasteiger partial charge on any atom is -0.478 e. The fourth-order valence-electron chi connectivity index (χ4n) is 3.33. The average Bonchev–Trinajstić information content (AvgIpc) is 2.54. The Balaban J connectivity index is 1.46. The number of hydrogen-bond acceptors (Lipinski definition) is 5. The van der Waals surface area contributed by atoms with E-state index in [1.807, 2.05) is 18.2 Å². The minimum atomic E-state index is -3.09. The lowest BCUT2D eigenvalue weighted by molar-refractivity contribution is -0.156. The summed E-state index contributed by atoms with van der Waals surface area (Å²) < 4.78 is 36.8. The molecule has 1 unspecified atom stereocenters. The Morgan fingerprint density at radius 2 is 2.26 bits per heavy atom. The Morgan fingerprint density at radius 3 is 2.96 bits per heavy atom. The van der Waals surface area contributed by atoms with E-state index in [-0.39, 0.29) is 11.4 Å². The molecule has 0 saturated carbocycles. The predicted molar refractivity (Wildman–Crippen MR) is 86.8 cm³/mol. The van der Waals surface area contributed by atoms with Crippen LogP contribution in [0.15, 0.2) is 24.4 Å². The molecule has 2 aliphatic heterocycles. The van der Waals surface area contributed by atoms with Gasteiger partial charge in [0.2, 0.25) is 15.9 Å². The van der Waals surface area contributed by atoms with E-state index in [9.17, 15) is 8.42 Å². The van der Waals surface area contributed by atoms with Crippen LogP contribution in [0.4, 0.5) is 0 Å². The summed E-state index contributed by atoms with van der Waals surface area (Å²) in [4.78, 5) is 4.14. The summed E-state index contributed by atoms with van der Waals surface area (Å²) in [6.45, 7) is 4.02. The van der Waals surface area contributed by atoms with E-state index in [2.05, 4.69) is 4.98 Å². The second-order valence-electron chi connectivity index (χ2n) is 6.36. The summed E-state index contributed by atoms with van der Waals surface area (Å²) in [6, 6.07) is 5.62. The Kier molecular flexibility index (Phi) is 4.89. The van der Waals surface area contributed by atoms with Crippen LogP contribution in [0.1, 0.15) is 26.2 Å². The third-order valence-electron chi connectivity index (χ3n) is 4.70. The summed E-state index contributed by atoms with van der Waals surface area (Å²) in [5.41, 5.74) is -0.268. The summed E-state index contributed by atoms with van der Waals surface area (Å²) in [7, 11) is -3.09. The molecule has 3 heterocycles. The topological polar surface area (TPSA) is 68.7 Å². The zero-order chi connectivity index (χ0) is 16.3. The van der Waals surface area contributed by atoms with Crippen LogP contribution in [0.25, 0.3) is 0 Å². The van der Waals surface area contributed by atoms with Gasteiger partial charge in [-0.05, 0) is 38.2 Å². The molecule has 0 amide bonds. The first-order chi connectivity index (χ1) is 11.0. The van der Waals surface area contributed by atoms with E-state index < -0.39 is 10.0 Å². The highest BCUT2D eigenvalue weighted by molar-refractivity contribution is 7.89. The molecule has 7 heteroatoms. The van der Waals surface area contributed by atoms with Crippen LogP contribution in [0.2, 0.25) is 0 Å². The van der Waals surface area contributed by atoms with E-state index in [1.165, 1.54) is 0 Å². The van der Waals surface area contributed by atoms with E-state index in [1.54, 1.807) is 17.4 Å². The number of nitrogens with zero attached hydrogens (tertiary/aromatic N) is 2. The highest BCUT2D eigenvalue weighted by Gasteiger charge is 2.50. The molecule has 2 saturated heterocycles. The number of aromatic nitrogens is 1. The maximum Gasteiger partial charge on any atom is 0.214 e. The van der Waals surface area contributed by atoms with Crippen LogP contribution in [-0.2, 0) is 14.8 Å². The molecular weight excluding hydrogens is 316 g/mol. The van der Waals surface area contributed by atoms with Gasteiger partial charge in [0.25, 0.3) is 0 Å². The molecule has 1 spiro atoms. The number of hydrogen-bond donors (Lipinski definition) is 0. The van der Waals surface area contributed by atoms with Gasteiger partial charge in [0.15, 0.2) is 0 Å². The number of rotatable bonds is 6. The zero-order valence-corrected chi connectivity index (χ0v) is 14.3. The van der Waals surface area contributed by atoms with E-state index >= 15 is 0 Å². The lowest BCUT2D eigenvalue weighted by atomic mass is 9.80. The summed E-state index contributed by atoms with van der Waals surface area (Å²) in [5.74, 6) is 1.32. The molecule has 0 radical (unpaired) electrons. The smallest absolute Gasteiger partial charge is 0.214 e. The van der Waals surface area contributed by atoms with Crippen LogP contribution < -0.4 is 4.74 Å². The summed E-state index contributed by atoms with van der Waals surface area (Å²) in [5, 5.41) is 0. The van der Waals surface area contributed by atoms with Crippen LogP contribution in [-0.4, -0.2) is 55.4 Å². The van der Waals surface area contributed by atoms with Crippen molar-refractivity contribution in [2.24, 2.45) is 5.92 Å². The van der Waals surface area contributed by atoms with Gasteiger partial charge < -0.3 is 9.47 Å². The molecule has 2 aliphatic rings. The Morgan fingerprint density at radius 1 is 1.43 bits per heavy atom. The fourth-order valence-corrected chi connectivity index (χ4v) is 4.56. The van der Waals surface area contributed by atoms with Crippen molar-refractivity contribution in [3.63, 3.8) is 0 Å². The van der Waals surface area contributed by atoms with Gasteiger partial charge in [-0.15, -0.1) is 0 Å². The normalized spacial score (nSPS) is 24.3. The molecular formula is C16H24N2O4S. The Bertz CT molecular complexity index is 614. The predicted octanol–water partition coefficient (Wildman–Crippen LogP) is 1.68. The zero-order valence-electron chi connectivity index (χ0n) is 13.5. The average molecular weight is 340 g/mol. The first-order valence-corrected chi connectivity index (χ1v) is 9.79. The first kappa shape index (κ1) is 16.7. The van der Waals surface area contributed by atoms with Gasteiger partial charge >= 0.3 is 0 Å². The van der Waals surface area contributed by atoms with Gasteiger partial charge in [0, 0.05) is 32.0 Å². The van der Waals surface area contributed by atoms with Gasteiger partial charge in [-0.1, -0.05) is 6.07 Å². The molecule has 3 rings (SSSR count). The van der Waals surface area contributed by atoms with Gasteiger partial charge in [-0.25, -0.2) is 13.4 Å². The molecule has 1 aromatic rings. The van der Waals surface area contributed by atoms with Crippen molar-refractivity contribution in [2.45, 2.75) is 31.8 Å². The van der Waals surface area contributed by atoms with Crippen molar-refractivity contribution >= 4 is 10.0 Å². The van der Waals surface area contributed by atoms with Crippen molar-refractivity contribution < 1.29 is 17.9 Å². The molecule has 6 nitrogen and oxygen atoms in total. The fraction of sp³-hybridized carbons (Fsp3) is 0.688. The highest BCUT2D eigenvalue weighted by atomic mass is 32.2. The van der Waals surface area contributed by atoms with Gasteiger partial charge in [-0.2, -0.15) is 4.31 Å². The molecule has 1 aromatic heterocycles. The monoisotopic (exact) mass is 340 g/mol. The molecule has 1 atom stereocenters. The van der Waals surface area contributed by atoms with Crippen LogP contribution in [0, 0.1) is 5.92 Å². The van der Waals surface area contributed by atoms with Crippen molar-refractivity contribution in [3.05, 3.63) is 24.4 Å². The maximum absolute atomic E-state index is 11.9. The quantitative estimate of drug-likeness (QED) is 0.788. The summed E-state index contributed by atoms with van der Waals surface area (Å²) >= 11 is 0. The molecule has 0 aliphatic carbocycles. The minimum absolute atomic E-state index is 0.157. The van der Waals surface area contributed by atoms with E-state index in [4.69, 9.17) is 9.47 Å². The second kappa shape index (κ2) is 6.75. The van der Waals surface area contributed by atoms with E-state index in [0.29, 0.717) is 38.1 Å². The van der Waals surface area contributed by atoms with E-state index in [0.717, 1.165) is 19.3 Å². The number of ether oxygens (including phenoxy) is 2. The van der Waals surface area contributed by atoms with Crippen LogP contribution in [0.5, 0.6) is 5.88 Å². The third-order valence-corrected chi connectivity index (χ3v) is 6.47. The van der Waals surface area contributed by atoms with Crippen LogP contribution >= 0.6 is 0 Å². The summed E-state index contributed by atoms with van der Waals surface area (Å²) in [6.07, 6.45) is 4.58. The van der Waals surface area contributed by atoms with Crippen molar-refractivity contribution in [2.75, 3.05) is 32.1 Å². The molecule has 2 fully saturated rings. The lowest BCUT2D eigenvalue weighted by Gasteiger charge is -2.52. The Hall–Kier alpha value is -1.18. The number of pyridine rings is 1. The molecule has 0 bridgehead atoms. The maximum atomic E-state index is 11.9. The lowest BCUT2D eigenvalue weighted by Crippen LogP contribution is -2.66. The van der Waals surface area contributed by atoms with Gasteiger partial charge in [-0.3, -0.25) is 0 Å². The Labute approximate surface area is 137 Å². The van der Waals surface area contributed by atoms with Crippen LogP contribution in [0.3, 0.4) is 0 Å². The SMILES string of the molecule is CCS(=O)(=O)N1CC2(CC(CCOc3ccccn3)CCO2)C1. The van der Waals surface area contributed by atoms with Gasteiger partial charge in [0.05, 0.1) is 18.0 Å². The van der Waals surface area contributed by atoms with Crippen molar-refractivity contribution in [1.29, 1.82) is 0 Å². The molecule has 23 heavy (non-hydrogen) atoms.